The topological polar surface area (TPSA) is 101 Å². The van der Waals surface area contributed by atoms with Crippen LogP contribution >= 0.6 is 23.2 Å². The molecule has 3 rings (SSSR count). The van der Waals surface area contributed by atoms with E-state index in [1.165, 1.54) is 18.2 Å². The fourth-order valence-electron chi connectivity index (χ4n) is 2.60. The van der Waals surface area contributed by atoms with E-state index in [1.54, 1.807) is 12.1 Å². The van der Waals surface area contributed by atoms with Crippen LogP contribution in [0.2, 0.25) is 10.0 Å². The van der Waals surface area contributed by atoms with Crippen LogP contribution in [-0.2, 0) is 14.8 Å². The maximum atomic E-state index is 12.5. The highest BCUT2D eigenvalue weighted by Crippen LogP contribution is 2.31. The van der Waals surface area contributed by atoms with E-state index in [1.807, 2.05) is 24.3 Å². The Morgan fingerprint density at radius 2 is 1.61 bits per heavy atom. The second kappa shape index (κ2) is 8.36. The maximum Gasteiger partial charge on any atom is 0.240 e. The molecule has 0 radical (unpaired) electrons. The standard InChI is InChI=1S/C19H17Cl2N3O3S/c20-16-10-14(11-17(21)19(16)22)24-18(25)7-8-23-28(26,27)15-6-5-12-3-1-2-4-13(12)9-15/h1-6,9-11,23H,7-8,22H2,(H,24,25). The van der Waals surface area contributed by atoms with E-state index in [-0.39, 0.29) is 33.6 Å². The van der Waals surface area contributed by atoms with Crippen LogP contribution in [0.1, 0.15) is 6.42 Å². The number of rotatable bonds is 6. The molecule has 0 fully saturated rings. The van der Waals surface area contributed by atoms with Crippen LogP contribution in [0.25, 0.3) is 10.8 Å². The number of amides is 1. The van der Waals surface area contributed by atoms with Crippen molar-refractivity contribution in [2.24, 2.45) is 0 Å². The number of sulfonamides is 1. The molecule has 0 spiro atoms. The molecule has 6 nitrogen and oxygen atoms in total. The molecule has 0 saturated heterocycles. The molecule has 0 bridgehead atoms. The molecule has 1 amide bonds. The monoisotopic (exact) mass is 437 g/mol. The Bertz CT molecular complexity index is 1130. The molecule has 3 aromatic rings. The fraction of sp³-hybridized carbons (Fsp3) is 0.105. The van der Waals surface area contributed by atoms with E-state index < -0.39 is 15.9 Å². The number of carbonyl (C=O) groups is 1. The Balaban J connectivity index is 1.60. The predicted molar refractivity (Wildman–Crippen MR) is 113 cm³/mol. The van der Waals surface area contributed by atoms with Crippen LogP contribution in [-0.4, -0.2) is 20.9 Å². The molecule has 9 heteroatoms. The summed E-state index contributed by atoms with van der Waals surface area (Å²) in [6.45, 7) is -0.0581. The third-order valence-electron chi connectivity index (χ3n) is 4.04. The number of halogens is 2. The lowest BCUT2D eigenvalue weighted by molar-refractivity contribution is -0.116. The molecule has 0 heterocycles. The van der Waals surface area contributed by atoms with Gasteiger partial charge in [0.1, 0.15) is 0 Å². The van der Waals surface area contributed by atoms with Gasteiger partial charge in [-0.2, -0.15) is 0 Å². The van der Waals surface area contributed by atoms with Gasteiger partial charge in [0, 0.05) is 18.7 Å². The van der Waals surface area contributed by atoms with Crippen molar-refractivity contribution in [1.29, 1.82) is 0 Å². The molecular formula is C19H17Cl2N3O3S. The maximum absolute atomic E-state index is 12.5. The quantitative estimate of drug-likeness (QED) is 0.506. The average molecular weight is 438 g/mol. The third kappa shape index (κ3) is 4.74. The van der Waals surface area contributed by atoms with Gasteiger partial charge in [-0.1, -0.05) is 53.5 Å². The Morgan fingerprint density at radius 1 is 0.964 bits per heavy atom. The van der Waals surface area contributed by atoms with Gasteiger partial charge >= 0.3 is 0 Å². The van der Waals surface area contributed by atoms with E-state index >= 15 is 0 Å². The van der Waals surface area contributed by atoms with Crippen molar-refractivity contribution < 1.29 is 13.2 Å². The van der Waals surface area contributed by atoms with E-state index in [4.69, 9.17) is 28.9 Å². The molecule has 0 aliphatic rings. The Kier molecular flexibility index (Phi) is 6.10. The van der Waals surface area contributed by atoms with Crippen LogP contribution in [0.5, 0.6) is 0 Å². The number of benzene rings is 3. The molecule has 0 unspecified atom stereocenters. The zero-order valence-corrected chi connectivity index (χ0v) is 16.9. The van der Waals surface area contributed by atoms with Crippen LogP contribution < -0.4 is 15.8 Å². The summed E-state index contributed by atoms with van der Waals surface area (Å²) in [5.74, 6) is -0.391. The Labute approximate surface area is 172 Å². The summed E-state index contributed by atoms with van der Waals surface area (Å²) in [5.41, 5.74) is 6.25. The number of nitrogens with one attached hydrogen (secondary N) is 2. The summed E-state index contributed by atoms with van der Waals surface area (Å²) in [6, 6.07) is 15.3. The highest BCUT2D eigenvalue weighted by Gasteiger charge is 2.15. The van der Waals surface area contributed by atoms with Crippen molar-refractivity contribution in [1.82, 2.24) is 4.72 Å². The van der Waals surface area contributed by atoms with Crippen molar-refractivity contribution in [3.05, 3.63) is 64.6 Å². The first kappa shape index (κ1) is 20.4. The van der Waals surface area contributed by atoms with Gasteiger partial charge in [-0.05, 0) is 35.0 Å². The van der Waals surface area contributed by atoms with E-state index in [9.17, 15) is 13.2 Å². The van der Waals surface area contributed by atoms with Gasteiger partial charge in [-0.25, -0.2) is 13.1 Å². The summed E-state index contributed by atoms with van der Waals surface area (Å²) in [6.07, 6.45) is -0.0631. The van der Waals surface area contributed by atoms with E-state index in [0.29, 0.717) is 5.69 Å². The van der Waals surface area contributed by atoms with Crippen LogP contribution in [0.15, 0.2) is 59.5 Å². The number of nitrogens with two attached hydrogens (primary N) is 1. The molecule has 28 heavy (non-hydrogen) atoms. The number of fused-ring (bicyclic) bond motifs is 1. The summed E-state index contributed by atoms with van der Waals surface area (Å²) in [4.78, 5) is 12.2. The minimum absolute atomic E-state index is 0.0581. The molecular weight excluding hydrogens is 421 g/mol. The summed E-state index contributed by atoms with van der Waals surface area (Å²) in [5, 5.41) is 4.81. The van der Waals surface area contributed by atoms with E-state index in [0.717, 1.165) is 10.8 Å². The first-order chi connectivity index (χ1) is 13.3. The summed E-state index contributed by atoms with van der Waals surface area (Å²) >= 11 is 11.8. The SMILES string of the molecule is Nc1c(Cl)cc(NC(=O)CCNS(=O)(=O)c2ccc3ccccc3c2)cc1Cl. The summed E-state index contributed by atoms with van der Waals surface area (Å²) < 4.78 is 27.3. The second-order valence-electron chi connectivity index (χ2n) is 6.06. The highest BCUT2D eigenvalue weighted by atomic mass is 35.5. The van der Waals surface area contributed by atoms with Crippen LogP contribution in [0.3, 0.4) is 0 Å². The summed E-state index contributed by atoms with van der Waals surface area (Å²) in [7, 11) is -3.73. The van der Waals surface area contributed by atoms with Gasteiger partial charge in [-0.15, -0.1) is 0 Å². The number of nitrogen functional groups attached to an aromatic ring is 1. The molecule has 0 aromatic heterocycles. The number of anilines is 2. The lowest BCUT2D eigenvalue weighted by Crippen LogP contribution is -2.27. The highest BCUT2D eigenvalue weighted by molar-refractivity contribution is 7.89. The zero-order chi connectivity index (χ0) is 20.3. The van der Waals surface area contributed by atoms with Gasteiger partial charge in [0.2, 0.25) is 15.9 Å². The van der Waals surface area contributed by atoms with Crippen LogP contribution in [0, 0.1) is 0 Å². The molecule has 0 aliphatic carbocycles. The van der Waals surface area contributed by atoms with Crippen LogP contribution in [0.4, 0.5) is 11.4 Å². The van der Waals surface area contributed by atoms with E-state index in [2.05, 4.69) is 10.0 Å². The second-order valence-corrected chi connectivity index (χ2v) is 8.64. The Hall–Kier alpha value is -2.32. The molecule has 0 aliphatic heterocycles. The smallest absolute Gasteiger partial charge is 0.240 e. The molecule has 146 valence electrons. The predicted octanol–water partition coefficient (Wildman–Crippen LogP) is 4.04. The minimum Gasteiger partial charge on any atom is -0.396 e. The van der Waals surface area contributed by atoms with Gasteiger partial charge in [0.05, 0.1) is 20.6 Å². The zero-order valence-electron chi connectivity index (χ0n) is 14.6. The molecule has 3 aromatic carbocycles. The molecule has 0 saturated carbocycles. The van der Waals surface area contributed by atoms with Crippen molar-refractivity contribution in [2.75, 3.05) is 17.6 Å². The number of hydrogen-bond donors (Lipinski definition) is 3. The molecule has 4 N–H and O–H groups in total. The first-order valence-electron chi connectivity index (χ1n) is 8.29. The van der Waals surface area contributed by atoms with Crippen molar-refractivity contribution >= 4 is 61.3 Å². The van der Waals surface area contributed by atoms with Crippen molar-refractivity contribution in [3.8, 4) is 0 Å². The Morgan fingerprint density at radius 3 is 2.29 bits per heavy atom. The minimum atomic E-state index is -3.73. The van der Waals surface area contributed by atoms with Crippen molar-refractivity contribution in [2.45, 2.75) is 11.3 Å². The van der Waals surface area contributed by atoms with Gasteiger partial charge < -0.3 is 11.1 Å². The fourth-order valence-corrected chi connectivity index (χ4v) is 4.15. The number of hydrogen-bond acceptors (Lipinski definition) is 4. The number of carbonyl (C=O) groups excluding carboxylic acids is 1. The largest absolute Gasteiger partial charge is 0.396 e. The van der Waals surface area contributed by atoms with Gasteiger partial charge in [-0.3, -0.25) is 4.79 Å². The third-order valence-corrected chi connectivity index (χ3v) is 6.12. The first-order valence-corrected chi connectivity index (χ1v) is 10.5. The van der Waals surface area contributed by atoms with Gasteiger partial charge in [0.15, 0.2) is 0 Å². The molecule has 0 atom stereocenters. The average Bonchev–Trinajstić information content (AvgIpc) is 2.65. The normalized spacial score (nSPS) is 11.5. The lowest BCUT2D eigenvalue weighted by Gasteiger charge is -2.10. The lowest BCUT2D eigenvalue weighted by atomic mass is 10.1. The van der Waals surface area contributed by atoms with Crippen molar-refractivity contribution in [3.63, 3.8) is 0 Å². The van der Waals surface area contributed by atoms with Gasteiger partial charge in [0.25, 0.3) is 0 Å².